The van der Waals surface area contributed by atoms with Gasteiger partial charge >= 0.3 is 6.08 Å². The molecule has 0 heterocycles. The van der Waals surface area contributed by atoms with Gasteiger partial charge in [-0.2, -0.15) is 8.78 Å². The van der Waals surface area contributed by atoms with E-state index in [0.717, 1.165) is 5.92 Å². The third-order valence-corrected chi connectivity index (χ3v) is 1.39. The SMILES string of the molecule is C[C](C)CC(=O)NCCC(F)=C(F)F. The van der Waals surface area contributed by atoms with Crippen LogP contribution in [0.3, 0.4) is 0 Å². The molecule has 0 aromatic rings. The van der Waals surface area contributed by atoms with Crippen molar-refractivity contribution in [1.29, 1.82) is 0 Å². The molecule has 0 rings (SSSR count). The molecule has 5 heteroatoms. The zero-order chi connectivity index (χ0) is 11.1. The lowest BCUT2D eigenvalue weighted by Gasteiger charge is -2.05. The summed E-state index contributed by atoms with van der Waals surface area (Å²) >= 11 is 0. The summed E-state index contributed by atoms with van der Waals surface area (Å²) in [5.74, 6) is -0.838. The monoisotopic (exact) mass is 208 g/mol. The Morgan fingerprint density at radius 1 is 1.21 bits per heavy atom. The third-order valence-electron chi connectivity index (χ3n) is 1.39. The predicted octanol–water partition coefficient (Wildman–Crippen LogP) is 2.57. The maximum Gasteiger partial charge on any atom is 0.301 e. The minimum absolute atomic E-state index is 0.102. The van der Waals surface area contributed by atoms with Gasteiger partial charge in [0.25, 0.3) is 0 Å². The van der Waals surface area contributed by atoms with Crippen LogP contribution in [0, 0.1) is 5.92 Å². The lowest BCUT2D eigenvalue weighted by Crippen LogP contribution is -2.25. The largest absolute Gasteiger partial charge is 0.356 e. The van der Waals surface area contributed by atoms with Gasteiger partial charge in [0, 0.05) is 19.4 Å². The summed E-state index contributed by atoms with van der Waals surface area (Å²) in [5, 5.41) is 2.33. The number of amides is 1. The van der Waals surface area contributed by atoms with Crippen LogP contribution in [0.5, 0.6) is 0 Å². The zero-order valence-corrected chi connectivity index (χ0v) is 8.16. The average Bonchev–Trinajstić information content (AvgIpc) is 2.02. The van der Waals surface area contributed by atoms with Crippen LogP contribution >= 0.6 is 0 Å². The number of nitrogens with one attached hydrogen (secondary N) is 1. The molecule has 1 amide bonds. The third kappa shape index (κ3) is 6.51. The van der Waals surface area contributed by atoms with E-state index in [9.17, 15) is 18.0 Å². The molecule has 0 bridgehead atoms. The molecule has 0 aromatic heterocycles. The second-order valence-corrected chi connectivity index (χ2v) is 3.15. The zero-order valence-electron chi connectivity index (χ0n) is 8.16. The van der Waals surface area contributed by atoms with Gasteiger partial charge < -0.3 is 5.32 Å². The molecule has 0 aliphatic heterocycles. The van der Waals surface area contributed by atoms with Crippen molar-refractivity contribution in [1.82, 2.24) is 5.32 Å². The summed E-state index contributed by atoms with van der Waals surface area (Å²) < 4.78 is 35.3. The molecule has 1 N–H and O–H groups in total. The Morgan fingerprint density at radius 2 is 1.79 bits per heavy atom. The van der Waals surface area contributed by atoms with Gasteiger partial charge in [0.1, 0.15) is 0 Å². The van der Waals surface area contributed by atoms with Crippen molar-refractivity contribution in [3.63, 3.8) is 0 Å². The second-order valence-electron chi connectivity index (χ2n) is 3.15. The van der Waals surface area contributed by atoms with Gasteiger partial charge in [-0.3, -0.25) is 4.79 Å². The second kappa shape index (κ2) is 6.45. The molecule has 0 saturated carbocycles. The normalized spacial score (nSPS) is 10.1. The lowest BCUT2D eigenvalue weighted by atomic mass is 10.1. The fourth-order valence-electron chi connectivity index (χ4n) is 0.790. The number of rotatable bonds is 5. The Balaban J connectivity index is 3.65. The van der Waals surface area contributed by atoms with Gasteiger partial charge in [-0.1, -0.05) is 13.8 Å². The van der Waals surface area contributed by atoms with Crippen molar-refractivity contribution < 1.29 is 18.0 Å². The van der Waals surface area contributed by atoms with Crippen molar-refractivity contribution in [2.75, 3.05) is 6.54 Å². The number of carbonyl (C=O) groups is 1. The van der Waals surface area contributed by atoms with E-state index in [2.05, 4.69) is 5.32 Å². The molecule has 14 heavy (non-hydrogen) atoms. The molecule has 0 unspecified atom stereocenters. The van der Waals surface area contributed by atoms with Gasteiger partial charge in [-0.05, 0) is 5.92 Å². The molecule has 1 radical (unpaired) electrons. The van der Waals surface area contributed by atoms with Crippen LogP contribution in [-0.4, -0.2) is 12.5 Å². The van der Waals surface area contributed by atoms with Gasteiger partial charge in [0.15, 0.2) is 5.83 Å². The first-order valence-corrected chi connectivity index (χ1v) is 4.19. The number of hydrogen-bond donors (Lipinski definition) is 1. The van der Waals surface area contributed by atoms with Crippen LogP contribution in [0.1, 0.15) is 26.7 Å². The molecule has 0 aromatic carbocycles. The van der Waals surface area contributed by atoms with Crippen molar-refractivity contribution in [3.8, 4) is 0 Å². The summed E-state index contributed by atoms with van der Waals surface area (Å²) in [6.07, 6.45) is -2.54. The highest BCUT2D eigenvalue weighted by molar-refractivity contribution is 5.77. The molecular weight excluding hydrogens is 195 g/mol. The highest BCUT2D eigenvalue weighted by Crippen LogP contribution is 2.11. The van der Waals surface area contributed by atoms with E-state index in [1.807, 2.05) is 0 Å². The van der Waals surface area contributed by atoms with E-state index in [1.54, 1.807) is 13.8 Å². The minimum atomic E-state index is -2.32. The molecule has 81 valence electrons. The number of hydrogen-bond acceptors (Lipinski definition) is 1. The first-order valence-electron chi connectivity index (χ1n) is 4.19. The topological polar surface area (TPSA) is 29.1 Å². The van der Waals surface area contributed by atoms with Crippen molar-refractivity contribution >= 4 is 5.91 Å². The maximum absolute atomic E-state index is 12.2. The first-order chi connectivity index (χ1) is 6.43. The lowest BCUT2D eigenvalue weighted by molar-refractivity contribution is -0.120. The fourth-order valence-corrected chi connectivity index (χ4v) is 0.790. The standard InChI is InChI=1S/C9H13F3NO/c1-6(2)5-8(14)13-4-3-7(10)9(11)12/h3-5H2,1-2H3,(H,13,14). The summed E-state index contributed by atoms with van der Waals surface area (Å²) in [6, 6.07) is 0. The van der Waals surface area contributed by atoms with Crippen molar-refractivity contribution in [3.05, 3.63) is 17.8 Å². The van der Waals surface area contributed by atoms with Gasteiger partial charge in [-0.15, -0.1) is 0 Å². The maximum atomic E-state index is 12.2. The van der Waals surface area contributed by atoms with Crippen LogP contribution in [0.2, 0.25) is 0 Å². The number of halogens is 3. The molecule has 0 spiro atoms. The van der Waals surface area contributed by atoms with E-state index in [4.69, 9.17) is 0 Å². The molecule has 2 nitrogen and oxygen atoms in total. The molecule has 0 atom stereocenters. The molecule has 0 aliphatic carbocycles. The molecule has 0 aliphatic rings. The molecule has 0 saturated heterocycles. The number of carbonyl (C=O) groups excluding carboxylic acids is 1. The van der Waals surface area contributed by atoms with E-state index in [1.165, 1.54) is 0 Å². The Hall–Kier alpha value is -1.00. The van der Waals surface area contributed by atoms with Crippen molar-refractivity contribution in [2.24, 2.45) is 0 Å². The Kier molecular flexibility index (Phi) is 5.99. The fraction of sp³-hybridized carbons (Fsp3) is 0.556. The Morgan fingerprint density at radius 3 is 2.21 bits per heavy atom. The highest BCUT2D eigenvalue weighted by atomic mass is 19.3. The van der Waals surface area contributed by atoms with E-state index in [-0.39, 0.29) is 18.9 Å². The van der Waals surface area contributed by atoms with Crippen molar-refractivity contribution in [2.45, 2.75) is 26.7 Å². The van der Waals surface area contributed by atoms with Crippen LogP contribution in [-0.2, 0) is 4.79 Å². The van der Waals surface area contributed by atoms with E-state index >= 15 is 0 Å². The predicted molar refractivity (Wildman–Crippen MR) is 47.2 cm³/mol. The average molecular weight is 208 g/mol. The van der Waals surface area contributed by atoms with Gasteiger partial charge in [0.2, 0.25) is 5.91 Å². The summed E-state index contributed by atoms with van der Waals surface area (Å²) in [6.45, 7) is 3.46. The van der Waals surface area contributed by atoms with Crippen LogP contribution in [0.15, 0.2) is 11.9 Å². The van der Waals surface area contributed by atoms with Crippen LogP contribution in [0.25, 0.3) is 0 Å². The van der Waals surface area contributed by atoms with Gasteiger partial charge in [-0.25, -0.2) is 4.39 Å². The Labute approximate surface area is 81.2 Å². The quantitative estimate of drug-likeness (QED) is 0.739. The molecule has 0 fully saturated rings. The van der Waals surface area contributed by atoms with E-state index < -0.39 is 18.3 Å². The summed E-state index contributed by atoms with van der Waals surface area (Å²) in [5.41, 5.74) is 0. The van der Waals surface area contributed by atoms with Crippen LogP contribution in [0.4, 0.5) is 13.2 Å². The summed E-state index contributed by atoms with van der Waals surface area (Å²) in [7, 11) is 0. The highest BCUT2D eigenvalue weighted by Gasteiger charge is 2.07. The first kappa shape index (κ1) is 13.0. The Bertz CT molecular complexity index is 222. The van der Waals surface area contributed by atoms with Gasteiger partial charge in [0.05, 0.1) is 0 Å². The summed E-state index contributed by atoms with van der Waals surface area (Å²) in [4.78, 5) is 10.9. The smallest absolute Gasteiger partial charge is 0.301 e. The van der Waals surface area contributed by atoms with E-state index in [0.29, 0.717) is 0 Å². The van der Waals surface area contributed by atoms with Crippen LogP contribution < -0.4 is 5.32 Å². The minimum Gasteiger partial charge on any atom is -0.356 e. The molecular formula is C9H13F3NO.